The van der Waals surface area contributed by atoms with E-state index in [9.17, 15) is 9.59 Å². The van der Waals surface area contributed by atoms with E-state index in [0.717, 1.165) is 30.8 Å². The zero-order valence-corrected chi connectivity index (χ0v) is 12.5. The molecule has 20 heavy (non-hydrogen) atoms. The van der Waals surface area contributed by atoms with Gasteiger partial charge < -0.3 is 14.7 Å². The van der Waals surface area contributed by atoms with E-state index in [1.165, 1.54) is 6.07 Å². The second-order valence-corrected chi connectivity index (χ2v) is 6.40. The minimum absolute atomic E-state index is 0.0325. The average molecular weight is 297 g/mol. The van der Waals surface area contributed by atoms with E-state index in [0.29, 0.717) is 17.6 Å². The molecule has 2 rings (SSSR count). The number of rotatable bonds is 4. The van der Waals surface area contributed by atoms with Crippen LogP contribution in [0.15, 0.2) is 11.4 Å². The molecule has 1 fully saturated rings. The highest BCUT2D eigenvalue weighted by Gasteiger charge is 2.25. The van der Waals surface area contributed by atoms with Gasteiger partial charge in [-0.05, 0) is 18.3 Å². The molecule has 5 nitrogen and oxygen atoms in total. The summed E-state index contributed by atoms with van der Waals surface area (Å²) in [4.78, 5) is 24.9. The van der Waals surface area contributed by atoms with E-state index < -0.39 is 5.97 Å². The first-order valence-electron chi connectivity index (χ1n) is 6.68. The number of amides is 1. The molecule has 1 aromatic heterocycles. The Kier molecular flexibility index (Phi) is 4.65. The van der Waals surface area contributed by atoms with Crippen LogP contribution in [0.1, 0.15) is 29.9 Å². The van der Waals surface area contributed by atoms with Crippen molar-refractivity contribution in [2.45, 2.75) is 20.3 Å². The first-order valence-corrected chi connectivity index (χ1v) is 7.56. The van der Waals surface area contributed by atoms with Crippen molar-refractivity contribution in [3.63, 3.8) is 0 Å². The molecule has 110 valence electrons. The summed E-state index contributed by atoms with van der Waals surface area (Å²) in [5, 5.41) is 10.4. The minimum Gasteiger partial charge on any atom is -0.483 e. The summed E-state index contributed by atoms with van der Waals surface area (Å²) in [5.41, 5.74) is 0. The Morgan fingerprint density at radius 1 is 1.40 bits per heavy atom. The number of likely N-dealkylation sites (tertiary alicyclic amines) is 1. The molecule has 1 N–H and O–H groups in total. The number of carboxylic acids is 1. The van der Waals surface area contributed by atoms with Crippen LogP contribution in [-0.4, -0.2) is 41.6 Å². The van der Waals surface area contributed by atoms with Gasteiger partial charge in [0.1, 0.15) is 10.6 Å². The normalized spacial score (nSPS) is 22.6. The van der Waals surface area contributed by atoms with Crippen molar-refractivity contribution in [1.29, 1.82) is 0 Å². The minimum atomic E-state index is -0.977. The Bertz CT molecular complexity index is 489. The van der Waals surface area contributed by atoms with Crippen molar-refractivity contribution >= 4 is 23.2 Å². The van der Waals surface area contributed by atoms with Crippen LogP contribution in [-0.2, 0) is 4.79 Å². The molecule has 0 spiro atoms. The summed E-state index contributed by atoms with van der Waals surface area (Å²) >= 11 is 1.10. The van der Waals surface area contributed by atoms with Crippen molar-refractivity contribution in [3.05, 3.63) is 16.3 Å². The summed E-state index contributed by atoms with van der Waals surface area (Å²) in [6, 6.07) is 1.45. The zero-order valence-electron chi connectivity index (χ0n) is 11.7. The number of aromatic carboxylic acids is 1. The third-order valence-corrected chi connectivity index (χ3v) is 4.27. The lowest BCUT2D eigenvalue weighted by molar-refractivity contribution is -0.136. The lowest BCUT2D eigenvalue weighted by Crippen LogP contribution is -2.44. The van der Waals surface area contributed by atoms with Crippen LogP contribution in [0, 0.1) is 11.8 Å². The van der Waals surface area contributed by atoms with Gasteiger partial charge in [0, 0.05) is 24.5 Å². The number of hydrogen-bond donors (Lipinski definition) is 1. The predicted octanol–water partition coefficient (Wildman–Crippen LogP) is 2.33. The Hall–Kier alpha value is -1.56. The fraction of sp³-hybridized carbons (Fsp3) is 0.571. The maximum Gasteiger partial charge on any atom is 0.346 e. The number of piperidine rings is 1. The lowest BCUT2D eigenvalue weighted by atomic mass is 9.92. The van der Waals surface area contributed by atoms with E-state index in [1.807, 2.05) is 4.90 Å². The molecule has 0 bridgehead atoms. The number of carboxylic acid groups (broad SMARTS) is 1. The van der Waals surface area contributed by atoms with Crippen molar-refractivity contribution in [3.8, 4) is 5.75 Å². The van der Waals surface area contributed by atoms with Crippen LogP contribution < -0.4 is 4.74 Å². The van der Waals surface area contributed by atoms with Gasteiger partial charge in [0.05, 0.1) is 0 Å². The van der Waals surface area contributed by atoms with Gasteiger partial charge in [0.25, 0.3) is 5.91 Å². The predicted molar refractivity (Wildman–Crippen MR) is 76.3 cm³/mol. The first kappa shape index (κ1) is 14.8. The molecular weight excluding hydrogens is 278 g/mol. The third-order valence-electron chi connectivity index (χ3n) is 3.37. The molecule has 2 unspecified atom stereocenters. The van der Waals surface area contributed by atoms with E-state index in [-0.39, 0.29) is 17.4 Å². The molecule has 0 aliphatic carbocycles. The maximum absolute atomic E-state index is 12.1. The van der Waals surface area contributed by atoms with E-state index in [4.69, 9.17) is 9.84 Å². The van der Waals surface area contributed by atoms with Crippen molar-refractivity contribution in [1.82, 2.24) is 4.90 Å². The van der Waals surface area contributed by atoms with Gasteiger partial charge in [-0.3, -0.25) is 4.79 Å². The topological polar surface area (TPSA) is 66.8 Å². The molecule has 1 amide bonds. The van der Waals surface area contributed by atoms with Crippen LogP contribution in [0.3, 0.4) is 0 Å². The lowest BCUT2D eigenvalue weighted by Gasteiger charge is -2.34. The fourth-order valence-corrected chi connectivity index (χ4v) is 3.27. The van der Waals surface area contributed by atoms with Gasteiger partial charge in [0.15, 0.2) is 6.61 Å². The Morgan fingerprint density at radius 2 is 2.05 bits per heavy atom. The third kappa shape index (κ3) is 3.72. The van der Waals surface area contributed by atoms with Crippen LogP contribution in [0.2, 0.25) is 0 Å². The second kappa shape index (κ2) is 6.26. The van der Waals surface area contributed by atoms with Crippen LogP contribution >= 0.6 is 11.3 Å². The van der Waals surface area contributed by atoms with Gasteiger partial charge in [-0.2, -0.15) is 0 Å². The Morgan fingerprint density at radius 3 is 2.60 bits per heavy atom. The molecule has 0 aromatic carbocycles. The highest BCUT2D eigenvalue weighted by atomic mass is 32.1. The summed E-state index contributed by atoms with van der Waals surface area (Å²) in [7, 11) is 0. The summed E-state index contributed by atoms with van der Waals surface area (Å²) in [6.45, 7) is 5.81. The van der Waals surface area contributed by atoms with Gasteiger partial charge >= 0.3 is 5.97 Å². The van der Waals surface area contributed by atoms with Gasteiger partial charge in [0.2, 0.25) is 0 Å². The molecule has 0 radical (unpaired) electrons. The average Bonchev–Trinajstić information content (AvgIpc) is 2.83. The fourth-order valence-electron chi connectivity index (χ4n) is 2.61. The molecule has 6 heteroatoms. The van der Waals surface area contributed by atoms with E-state index >= 15 is 0 Å². The first-order chi connectivity index (χ1) is 9.45. The highest BCUT2D eigenvalue weighted by Crippen LogP contribution is 2.23. The zero-order chi connectivity index (χ0) is 14.7. The Labute approximate surface area is 122 Å². The molecule has 2 heterocycles. The Balaban J connectivity index is 1.86. The summed E-state index contributed by atoms with van der Waals surface area (Å²) in [5.74, 6) is 0.463. The molecule has 0 saturated carbocycles. The molecule has 1 aromatic rings. The van der Waals surface area contributed by atoms with E-state index in [1.54, 1.807) is 5.38 Å². The largest absolute Gasteiger partial charge is 0.483 e. The quantitative estimate of drug-likeness (QED) is 0.926. The monoisotopic (exact) mass is 297 g/mol. The van der Waals surface area contributed by atoms with Gasteiger partial charge in [-0.1, -0.05) is 13.8 Å². The van der Waals surface area contributed by atoms with Crippen LogP contribution in [0.25, 0.3) is 0 Å². The van der Waals surface area contributed by atoms with Crippen molar-refractivity contribution in [2.24, 2.45) is 11.8 Å². The number of thiophene rings is 1. The number of hydrogen-bond acceptors (Lipinski definition) is 4. The number of ether oxygens (including phenoxy) is 1. The SMILES string of the molecule is CC1CC(C)CN(C(=O)COc2csc(C(=O)O)c2)C1. The van der Waals surface area contributed by atoms with Gasteiger partial charge in [-0.25, -0.2) is 4.79 Å². The van der Waals surface area contributed by atoms with Crippen LogP contribution in [0.4, 0.5) is 0 Å². The second-order valence-electron chi connectivity index (χ2n) is 5.49. The highest BCUT2D eigenvalue weighted by molar-refractivity contribution is 7.12. The molecule has 2 atom stereocenters. The van der Waals surface area contributed by atoms with E-state index in [2.05, 4.69) is 13.8 Å². The summed E-state index contributed by atoms with van der Waals surface area (Å²) in [6.07, 6.45) is 1.15. The van der Waals surface area contributed by atoms with Crippen LogP contribution in [0.5, 0.6) is 5.75 Å². The molecule has 1 aliphatic rings. The smallest absolute Gasteiger partial charge is 0.346 e. The number of carbonyl (C=O) groups excluding carboxylic acids is 1. The number of nitrogens with zero attached hydrogens (tertiary/aromatic N) is 1. The summed E-state index contributed by atoms with van der Waals surface area (Å²) < 4.78 is 5.38. The molecule has 1 aliphatic heterocycles. The standard InChI is InChI=1S/C14H19NO4S/c1-9-3-10(2)6-15(5-9)13(16)7-19-11-4-12(14(17)18)20-8-11/h4,8-10H,3,5-7H2,1-2H3,(H,17,18). The molecular formula is C14H19NO4S. The van der Waals surface area contributed by atoms with Crippen molar-refractivity contribution < 1.29 is 19.4 Å². The van der Waals surface area contributed by atoms with Crippen molar-refractivity contribution in [2.75, 3.05) is 19.7 Å². The molecule has 1 saturated heterocycles. The number of carbonyl (C=O) groups is 2. The van der Waals surface area contributed by atoms with Gasteiger partial charge in [-0.15, -0.1) is 11.3 Å². The maximum atomic E-state index is 12.1.